The van der Waals surface area contributed by atoms with E-state index in [0.717, 1.165) is 18.5 Å². The number of rotatable bonds is 4. The van der Waals surface area contributed by atoms with Crippen molar-refractivity contribution >= 4 is 11.9 Å². The molecule has 1 aromatic rings. The maximum atomic E-state index is 12.5. The third-order valence-electron chi connectivity index (χ3n) is 3.21. The van der Waals surface area contributed by atoms with Gasteiger partial charge in [0.2, 0.25) is 0 Å². The zero-order valence-electron chi connectivity index (χ0n) is 11.7. The van der Waals surface area contributed by atoms with Crippen molar-refractivity contribution in [2.75, 3.05) is 13.2 Å². The van der Waals surface area contributed by atoms with Crippen molar-refractivity contribution in [2.45, 2.75) is 26.2 Å². The largest absolute Gasteiger partial charge is 0.466 e. The summed E-state index contributed by atoms with van der Waals surface area (Å²) in [5.41, 5.74) is 1.40. The number of allylic oxidation sites excluding steroid dienone is 1. The zero-order valence-corrected chi connectivity index (χ0v) is 11.7. The Morgan fingerprint density at radius 3 is 2.70 bits per heavy atom. The van der Waals surface area contributed by atoms with Crippen LogP contribution in [0.1, 0.15) is 36.5 Å². The number of benzene rings is 1. The molecule has 1 amide bonds. The SMILES string of the molecule is CCOC(=O)CC1=CCCCN1C(=O)c1ccccc1. The van der Waals surface area contributed by atoms with Crippen molar-refractivity contribution in [1.82, 2.24) is 4.90 Å². The van der Waals surface area contributed by atoms with Crippen LogP contribution in [0.25, 0.3) is 0 Å². The lowest BCUT2D eigenvalue weighted by Gasteiger charge is -2.28. The van der Waals surface area contributed by atoms with Crippen LogP contribution in [0.5, 0.6) is 0 Å². The number of hydrogen-bond donors (Lipinski definition) is 0. The number of ether oxygens (including phenoxy) is 1. The van der Waals surface area contributed by atoms with Crippen LogP contribution in [0.3, 0.4) is 0 Å². The van der Waals surface area contributed by atoms with Crippen LogP contribution in [-0.2, 0) is 9.53 Å². The Hall–Kier alpha value is -2.10. The van der Waals surface area contributed by atoms with Gasteiger partial charge in [0, 0.05) is 17.8 Å². The second kappa shape index (κ2) is 6.89. The molecular formula is C16H19NO3. The Labute approximate surface area is 119 Å². The van der Waals surface area contributed by atoms with Crippen LogP contribution in [0.4, 0.5) is 0 Å². The Kier molecular flexibility index (Phi) is 4.93. The minimum Gasteiger partial charge on any atom is -0.466 e. The molecule has 0 atom stereocenters. The molecule has 2 rings (SSSR count). The highest BCUT2D eigenvalue weighted by Crippen LogP contribution is 2.21. The van der Waals surface area contributed by atoms with Crippen molar-refractivity contribution in [3.63, 3.8) is 0 Å². The summed E-state index contributed by atoms with van der Waals surface area (Å²) in [5.74, 6) is -0.340. The predicted molar refractivity (Wildman–Crippen MR) is 76.0 cm³/mol. The van der Waals surface area contributed by atoms with Gasteiger partial charge >= 0.3 is 5.97 Å². The number of esters is 1. The van der Waals surface area contributed by atoms with E-state index in [4.69, 9.17) is 4.74 Å². The van der Waals surface area contributed by atoms with Gasteiger partial charge in [0.25, 0.3) is 5.91 Å². The number of amides is 1. The Morgan fingerprint density at radius 1 is 1.25 bits per heavy atom. The molecular weight excluding hydrogens is 254 g/mol. The minimum atomic E-state index is -0.286. The topological polar surface area (TPSA) is 46.6 Å². The lowest BCUT2D eigenvalue weighted by molar-refractivity contribution is -0.142. The van der Waals surface area contributed by atoms with Crippen molar-refractivity contribution in [1.29, 1.82) is 0 Å². The first kappa shape index (κ1) is 14.3. The molecule has 0 fully saturated rings. The molecule has 1 aliphatic heterocycles. The maximum absolute atomic E-state index is 12.5. The van der Waals surface area contributed by atoms with Crippen molar-refractivity contribution in [2.24, 2.45) is 0 Å². The van der Waals surface area contributed by atoms with E-state index < -0.39 is 0 Å². The molecule has 0 radical (unpaired) electrons. The molecule has 106 valence electrons. The van der Waals surface area contributed by atoms with Crippen LogP contribution in [0.15, 0.2) is 42.1 Å². The summed E-state index contributed by atoms with van der Waals surface area (Å²) in [5, 5.41) is 0. The van der Waals surface area contributed by atoms with Crippen LogP contribution >= 0.6 is 0 Å². The highest BCUT2D eigenvalue weighted by atomic mass is 16.5. The number of nitrogens with zero attached hydrogens (tertiary/aromatic N) is 1. The molecule has 20 heavy (non-hydrogen) atoms. The van der Waals surface area contributed by atoms with Gasteiger partial charge in [-0.05, 0) is 31.9 Å². The van der Waals surface area contributed by atoms with E-state index in [1.54, 1.807) is 24.0 Å². The second-order valence-corrected chi connectivity index (χ2v) is 4.64. The molecule has 0 unspecified atom stereocenters. The van der Waals surface area contributed by atoms with E-state index in [0.29, 0.717) is 18.7 Å². The Morgan fingerprint density at radius 2 is 2.00 bits per heavy atom. The molecule has 0 spiro atoms. The minimum absolute atomic E-state index is 0.0548. The molecule has 0 aliphatic carbocycles. The fraction of sp³-hybridized carbons (Fsp3) is 0.375. The fourth-order valence-corrected chi connectivity index (χ4v) is 2.27. The van der Waals surface area contributed by atoms with Gasteiger partial charge in [-0.3, -0.25) is 9.59 Å². The highest BCUT2D eigenvalue weighted by molar-refractivity contribution is 5.95. The summed E-state index contributed by atoms with van der Waals surface area (Å²) >= 11 is 0. The first-order chi connectivity index (χ1) is 9.72. The molecule has 0 N–H and O–H groups in total. The lowest BCUT2D eigenvalue weighted by Crippen LogP contribution is -2.34. The van der Waals surface area contributed by atoms with E-state index in [-0.39, 0.29) is 18.3 Å². The van der Waals surface area contributed by atoms with Crippen LogP contribution in [0.2, 0.25) is 0 Å². The Bertz CT molecular complexity index is 508. The van der Waals surface area contributed by atoms with Crippen molar-refractivity contribution in [3.05, 3.63) is 47.7 Å². The Balaban J connectivity index is 2.12. The number of hydrogen-bond acceptors (Lipinski definition) is 3. The van der Waals surface area contributed by atoms with Crippen LogP contribution in [-0.4, -0.2) is 29.9 Å². The third kappa shape index (κ3) is 3.47. The summed E-state index contributed by atoms with van der Waals surface area (Å²) in [6.45, 7) is 2.79. The molecule has 0 saturated carbocycles. The zero-order chi connectivity index (χ0) is 14.4. The van der Waals surface area contributed by atoms with Crippen LogP contribution in [0, 0.1) is 0 Å². The molecule has 1 heterocycles. The van der Waals surface area contributed by atoms with Gasteiger partial charge in [-0.2, -0.15) is 0 Å². The molecule has 1 aliphatic rings. The average Bonchev–Trinajstić information content (AvgIpc) is 2.48. The summed E-state index contributed by atoms with van der Waals surface area (Å²) in [6, 6.07) is 9.14. The quantitative estimate of drug-likeness (QED) is 0.792. The molecule has 4 heteroatoms. The monoisotopic (exact) mass is 273 g/mol. The first-order valence-corrected chi connectivity index (χ1v) is 6.94. The smallest absolute Gasteiger partial charge is 0.311 e. The third-order valence-corrected chi connectivity index (χ3v) is 3.21. The molecule has 0 saturated heterocycles. The standard InChI is InChI=1S/C16H19NO3/c1-2-20-15(18)12-14-10-6-7-11-17(14)16(19)13-8-4-3-5-9-13/h3-5,8-10H,2,6-7,11-12H2,1H3. The van der Waals surface area contributed by atoms with Gasteiger partial charge < -0.3 is 9.64 Å². The summed E-state index contributed by atoms with van der Waals surface area (Å²) in [4.78, 5) is 25.8. The molecule has 1 aromatic carbocycles. The first-order valence-electron chi connectivity index (χ1n) is 6.94. The van der Waals surface area contributed by atoms with Gasteiger partial charge in [-0.1, -0.05) is 24.3 Å². The van der Waals surface area contributed by atoms with Gasteiger partial charge in [-0.15, -0.1) is 0 Å². The van der Waals surface area contributed by atoms with E-state index in [1.807, 2.05) is 24.3 Å². The van der Waals surface area contributed by atoms with E-state index in [9.17, 15) is 9.59 Å². The van der Waals surface area contributed by atoms with E-state index >= 15 is 0 Å². The lowest BCUT2D eigenvalue weighted by atomic mass is 10.1. The number of carbonyl (C=O) groups is 2. The number of carbonyl (C=O) groups excluding carboxylic acids is 2. The maximum Gasteiger partial charge on any atom is 0.311 e. The van der Waals surface area contributed by atoms with Gasteiger partial charge in [0.1, 0.15) is 0 Å². The van der Waals surface area contributed by atoms with E-state index in [1.165, 1.54) is 0 Å². The normalized spacial score (nSPS) is 14.7. The molecule has 0 bridgehead atoms. The fourth-order valence-electron chi connectivity index (χ4n) is 2.27. The highest BCUT2D eigenvalue weighted by Gasteiger charge is 2.23. The predicted octanol–water partition coefficient (Wildman–Crippen LogP) is 2.76. The van der Waals surface area contributed by atoms with Gasteiger partial charge in [0.05, 0.1) is 13.0 Å². The van der Waals surface area contributed by atoms with Gasteiger partial charge in [0.15, 0.2) is 0 Å². The summed E-state index contributed by atoms with van der Waals surface area (Å²) < 4.78 is 4.96. The second-order valence-electron chi connectivity index (χ2n) is 4.64. The van der Waals surface area contributed by atoms with Crippen LogP contribution < -0.4 is 0 Å². The average molecular weight is 273 g/mol. The summed E-state index contributed by atoms with van der Waals surface area (Å²) in [7, 11) is 0. The van der Waals surface area contributed by atoms with Gasteiger partial charge in [-0.25, -0.2) is 0 Å². The summed E-state index contributed by atoms with van der Waals surface area (Å²) in [6.07, 6.45) is 3.94. The van der Waals surface area contributed by atoms with E-state index in [2.05, 4.69) is 0 Å². The van der Waals surface area contributed by atoms with Crippen molar-refractivity contribution < 1.29 is 14.3 Å². The molecule has 0 aromatic heterocycles. The molecule has 4 nitrogen and oxygen atoms in total. The van der Waals surface area contributed by atoms with Crippen molar-refractivity contribution in [3.8, 4) is 0 Å².